The van der Waals surface area contributed by atoms with Gasteiger partial charge in [-0.25, -0.2) is 9.78 Å². The number of alkyl halides is 3. The van der Waals surface area contributed by atoms with Crippen LogP contribution in [0.2, 0.25) is 0 Å². The Kier molecular flexibility index (Phi) is 6.66. The lowest BCUT2D eigenvalue weighted by atomic mass is 10.1. The Bertz CT molecular complexity index is 1160. The lowest BCUT2D eigenvalue weighted by Gasteiger charge is -2.08. The van der Waals surface area contributed by atoms with E-state index in [2.05, 4.69) is 21.7 Å². The van der Waals surface area contributed by atoms with Crippen LogP contribution >= 0.6 is 11.3 Å². The lowest BCUT2D eigenvalue weighted by molar-refractivity contribution is -0.192. The van der Waals surface area contributed by atoms with Crippen LogP contribution < -0.4 is 10.6 Å². The summed E-state index contributed by atoms with van der Waals surface area (Å²) >= 11 is 1.60. The highest BCUT2D eigenvalue weighted by molar-refractivity contribution is 7.16. The molecule has 1 heterocycles. The van der Waals surface area contributed by atoms with Crippen LogP contribution in [0.15, 0.2) is 48.0 Å². The number of aliphatic carboxylic acids is 1. The molecule has 2 aromatic carbocycles. The molecule has 0 radical (unpaired) electrons. The molecule has 2 fully saturated rings. The number of anilines is 1. The van der Waals surface area contributed by atoms with Crippen molar-refractivity contribution in [1.82, 2.24) is 10.3 Å². The number of carbonyl (C=O) groups is 2. The van der Waals surface area contributed by atoms with Crippen molar-refractivity contribution in [2.24, 2.45) is 5.92 Å². The van der Waals surface area contributed by atoms with Crippen molar-refractivity contribution >= 4 is 39.1 Å². The second-order valence-corrected chi connectivity index (χ2v) is 9.10. The molecule has 0 saturated heterocycles. The van der Waals surface area contributed by atoms with Gasteiger partial charge in [-0.3, -0.25) is 4.79 Å². The predicted molar refractivity (Wildman–Crippen MR) is 120 cm³/mol. The van der Waals surface area contributed by atoms with E-state index in [1.54, 1.807) is 11.3 Å². The fourth-order valence-electron chi connectivity index (χ4n) is 3.48. The number of rotatable bonds is 6. The van der Waals surface area contributed by atoms with Crippen molar-refractivity contribution in [3.63, 3.8) is 0 Å². The first-order chi connectivity index (χ1) is 15.7. The van der Waals surface area contributed by atoms with Gasteiger partial charge in [-0.1, -0.05) is 12.1 Å². The molecule has 3 aromatic rings. The molecule has 1 aromatic heterocycles. The topological polar surface area (TPSA) is 91.3 Å². The van der Waals surface area contributed by atoms with E-state index in [0.29, 0.717) is 17.5 Å². The van der Waals surface area contributed by atoms with Gasteiger partial charge in [-0.15, -0.1) is 11.3 Å². The van der Waals surface area contributed by atoms with Crippen LogP contribution in [0.25, 0.3) is 10.2 Å². The van der Waals surface area contributed by atoms with Crippen LogP contribution in [0.4, 0.5) is 18.9 Å². The van der Waals surface area contributed by atoms with Gasteiger partial charge in [0.1, 0.15) is 0 Å². The van der Waals surface area contributed by atoms with Gasteiger partial charge in [0, 0.05) is 23.2 Å². The zero-order valence-electron chi connectivity index (χ0n) is 17.4. The van der Waals surface area contributed by atoms with Gasteiger partial charge in [0.05, 0.1) is 15.7 Å². The second kappa shape index (κ2) is 9.48. The Morgan fingerprint density at radius 1 is 1.15 bits per heavy atom. The number of nitrogens with one attached hydrogen (secondary N) is 2. The standard InChI is InChI=1S/C21H21N3OS.C2HF3O2/c25-21(24-16-6-7-20-19(9-16)23-12-26-20)15-3-1-2-14(8-15)17-10-18(17)22-11-13-4-5-13;3-2(4,5)1(6)7/h1-3,6-9,12-13,17-18,22H,4-5,10-11H2,(H,24,25);(H,6,7)/t17-,18+;/m0./s1. The normalized spacial score (nSPS) is 19.5. The number of nitrogens with zero attached hydrogens (tertiary/aromatic N) is 1. The first-order valence-corrected chi connectivity index (χ1v) is 11.4. The van der Waals surface area contributed by atoms with Crippen molar-refractivity contribution in [2.75, 3.05) is 11.9 Å². The molecule has 2 atom stereocenters. The number of carboxylic acids is 1. The van der Waals surface area contributed by atoms with E-state index >= 15 is 0 Å². The van der Waals surface area contributed by atoms with Gasteiger partial charge in [0.25, 0.3) is 5.91 Å². The van der Waals surface area contributed by atoms with Gasteiger partial charge < -0.3 is 15.7 Å². The molecule has 0 aliphatic heterocycles. The smallest absolute Gasteiger partial charge is 0.475 e. The average molecular weight is 478 g/mol. The van der Waals surface area contributed by atoms with Crippen LogP contribution in [0.1, 0.15) is 41.1 Å². The minimum absolute atomic E-state index is 0.0652. The van der Waals surface area contributed by atoms with E-state index in [-0.39, 0.29) is 5.91 Å². The maximum atomic E-state index is 12.6. The molecule has 0 spiro atoms. The van der Waals surface area contributed by atoms with E-state index < -0.39 is 12.1 Å². The van der Waals surface area contributed by atoms with Crippen molar-refractivity contribution in [3.8, 4) is 0 Å². The molecule has 1 amide bonds. The Labute approximate surface area is 191 Å². The summed E-state index contributed by atoms with van der Waals surface area (Å²) in [6.45, 7) is 1.15. The zero-order valence-corrected chi connectivity index (χ0v) is 18.2. The highest BCUT2D eigenvalue weighted by atomic mass is 32.1. The molecule has 2 saturated carbocycles. The van der Waals surface area contributed by atoms with Crippen molar-refractivity contribution in [2.45, 2.75) is 37.4 Å². The first kappa shape index (κ1) is 23.2. The fourth-order valence-corrected chi connectivity index (χ4v) is 4.14. The van der Waals surface area contributed by atoms with Gasteiger partial charge in [0.2, 0.25) is 0 Å². The maximum absolute atomic E-state index is 12.6. The summed E-state index contributed by atoms with van der Waals surface area (Å²) in [5, 5.41) is 13.8. The molecule has 33 heavy (non-hydrogen) atoms. The van der Waals surface area contributed by atoms with Crippen molar-refractivity contribution in [1.29, 1.82) is 0 Å². The van der Waals surface area contributed by atoms with Crippen LogP contribution in [0.5, 0.6) is 0 Å². The first-order valence-electron chi connectivity index (χ1n) is 10.5. The van der Waals surface area contributed by atoms with Crippen LogP contribution in [0, 0.1) is 5.92 Å². The molecular formula is C23H22F3N3O3S. The minimum atomic E-state index is -5.08. The van der Waals surface area contributed by atoms with Crippen LogP contribution in [-0.4, -0.2) is 40.7 Å². The van der Waals surface area contributed by atoms with E-state index in [1.807, 2.05) is 41.9 Å². The van der Waals surface area contributed by atoms with E-state index in [0.717, 1.165) is 28.4 Å². The number of carbonyl (C=O) groups excluding carboxylic acids is 1. The lowest BCUT2D eigenvalue weighted by Crippen LogP contribution is -2.21. The molecule has 2 aliphatic carbocycles. The molecular weight excluding hydrogens is 455 g/mol. The largest absolute Gasteiger partial charge is 0.490 e. The number of carboxylic acid groups (broad SMARTS) is 1. The molecule has 5 rings (SSSR count). The monoisotopic (exact) mass is 477 g/mol. The number of hydrogen-bond donors (Lipinski definition) is 3. The summed E-state index contributed by atoms with van der Waals surface area (Å²) < 4.78 is 32.9. The Morgan fingerprint density at radius 2 is 1.91 bits per heavy atom. The van der Waals surface area contributed by atoms with E-state index in [1.165, 1.54) is 24.8 Å². The highest BCUT2D eigenvalue weighted by Crippen LogP contribution is 2.42. The van der Waals surface area contributed by atoms with E-state index in [9.17, 15) is 18.0 Å². The van der Waals surface area contributed by atoms with Crippen LogP contribution in [0.3, 0.4) is 0 Å². The molecule has 174 valence electrons. The summed E-state index contributed by atoms with van der Waals surface area (Å²) in [6.07, 6.45) is -1.14. The molecule has 6 nitrogen and oxygen atoms in total. The minimum Gasteiger partial charge on any atom is -0.475 e. The highest BCUT2D eigenvalue weighted by Gasteiger charge is 2.39. The quantitative estimate of drug-likeness (QED) is 0.463. The number of fused-ring (bicyclic) bond motifs is 1. The van der Waals surface area contributed by atoms with Crippen LogP contribution in [-0.2, 0) is 4.79 Å². The second-order valence-electron chi connectivity index (χ2n) is 8.22. The third-order valence-electron chi connectivity index (χ3n) is 5.56. The summed E-state index contributed by atoms with van der Waals surface area (Å²) in [4.78, 5) is 25.8. The number of amides is 1. The molecule has 0 unspecified atom stereocenters. The fraction of sp³-hybridized carbons (Fsp3) is 0.348. The Morgan fingerprint density at radius 3 is 2.61 bits per heavy atom. The number of halogens is 3. The van der Waals surface area contributed by atoms with Gasteiger partial charge in [-0.05, 0) is 67.6 Å². The Balaban J connectivity index is 0.000000325. The molecule has 0 bridgehead atoms. The summed E-state index contributed by atoms with van der Waals surface area (Å²) in [5.74, 6) is -1.37. The summed E-state index contributed by atoms with van der Waals surface area (Å²) in [5.41, 5.74) is 5.51. The Hall–Kier alpha value is -2.98. The predicted octanol–water partition coefficient (Wildman–Crippen LogP) is 5.04. The number of hydrogen-bond acceptors (Lipinski definition) is 5. The average Bonchev–Trinajstić information content (AvgIpc) is 3.69. The van der Waals surface area contributed by atoms with Gasteiger partial charge >= 0.3 is 12.1 Å². The third kappa shape index (κ3) is 6.29. The molecule has 10 heteroatoms. The number of aromatic nitrogens is 1. The maximum Gasteiger partial charge on any atom is 0.490 e. The number of benzene rings is 2. The summed E-state index contributed by atoms with van der Waals surface area (Å²) in [7, 11) is 0. The molecule has 2 aliphatic rings. The number of thiazole rings is 1. The van der Waals surface area contributed by atoms with Gasteiger partial charge in [0.15, 0.2) is 0 Å². The van der Waals surface area contributed by atoms with Gasteiger partial charge in [-0.2, -0.15) is 13.2 Å². The van der Waals surface area contributed by atoms with Crippen molar-refractivity contribution < 1.29 is 27.9 Å². The van der Waals surface area contributed by atoms with Crippen molar-refractivity contribution in [3.05, 3.63) is 59.1 Å². The summed E-state index contributed by atoms with van der Waals surface area (Å²) in [6, 6.07) is 14.5. The third-order valence-corrected chi connectivity index (χ3v) is 6.37. The zero-order chi connectivity index (χ0) is 23.6. The SMILES string of the molecule is O=C(Nc1ccc2scnc2c1)c1cccc([C@@H]2C[C@H]2NCC2CC2)c1.O=C(O)C(F)(F)F. The van der Waals surface area contributed by atoms with E-state index in [4.69, 9.17) is 9.90 Å². The molecule has 3 N–H and O–H groups in total.